The maximum absolute atomic E-state index is 11.0. The van der Waals surface area contributed by atoms with Crippen molar-refractivity contribution in [1.82, 2.24) is 0 Å². The Bertz CT molecular complexity index is 230. The third kappa shape index (κ3) is 4.30. The molecule has 1 unspecified atom stereocenters. The fourth-order valence-corrected chi connectivity index (χ4v) is 0.759. The minimum Gasteiger partial charge on any atom is -0.481 e. The van der Waals surface area contributed by atoms with E-state index in [-0.39, 0.29) is 0 Å². The number of hydrogen-bond donors (Lipinski definition) is 1. The molecule has 0 amide bonds. The molecule has 0 radical (unpaired) electrons. The van der Waals surface area contributed by atoms with Crippen molar-refractivity contribution in [1.29, 1.82) is 0 Å². The molecule has 4 heteroatoms. The second-order valence-electron chi connectivity index (χ2n) is 2.70. The molecule has 13 heavy (non-hydrogen) atoms. The number of esters is 1. The molecule has 0 saturated heterocycles. The third-order valence-corrected chi connectivity index (χ3v) is 1.49. The van der Waals surface area contributed by atoms with E-state index >= 15 is 0 Å². The number of aliphatic carboxylic acids is 1. The highest BCUT2D eigenvalue weighted by atomic mass is 16.5. The van der Waals surface area contributed by atoms with Crippen LogP contribution in [0.25, 0.3) is 0 Å². The highest BCUT2D eigenvalue weighted by Crippen LogP contribution is 2.04. The molecule has 1 atom stereocenters. The zero-order valence-corrected chi connectivity index (χ0v) is 8.03. The van der Waals surface area contributed by atoms with Gasteiger partial charge in [-0.1, -0.05) is 6.08 Å². The summed E-state index contributed by atoms with van der Waals surface area (Å²) in [5.41, 5.74) is 0.330. The van der Waals surface area contributed by atoms with Crippen LogP contribution in [0.3, 0.4) is 0 Å². The number of carbonyl (C=O) groups excluding carboxylic acids is 1. The molecule has 4 nitrogen and oxygen atoms in total. The lowest BCUT2D eigenvalue weighted by Gasteiger charge is -2.03. The first kappa shape index (κ1) is 11.7. The summed E-state index contributed by atoms with van der Waals surface area (Å²) in [7, 11) is 0. The number of carbonyl (C=O) groups is 2. The summed E-state index contributed by atoms with van der Waals surface area (Å²) >= 11 is 0. The van der Waals surface area contributed by atoms with Crippen LogP contribution in [0.4, 0.5) is 0 Å². The second-order valence-corrected chi connectivity index (χ2v) is 2.70. The predicted molar refractivity (Wildman–Crippen MR) is 47.2 cm³/mol. The van der Waals surface area contributed by atoms with Crippen LogP contribution in [0.15, 0.2) is 11.6 Å². The zero-order valence-electron chi connectivity index (χ0n) is 8.03. The van der Waals surface area contributed by atoms with Crippen molar-refractivity contribution in [2.45, 2.75) is 20.8 Å². The Kier molecular flexibility index (Phi) is 4.80. The summed E-state index contributed by atoms with van der Waals surface area (Å²) in [6.07, 6.45) is 1.38. The van der Waals surface area contributed by atoms with Crippen LogP contribution in [-0.4, -0.2) is 23.7 Å². The van der Waals surface area contributed by atoms with Crippen LogP contribution in [0.1, 0.15) is 20.8 Å². The van der Waals surface area contributed by atoms with Crippen LogP contribution in [0.5, 0.6) is 0 Å². The Balaban J connectivity index is 4.31. The summed E-state index contributed by atoms with van der Waals surface area (Å²) in [5, 5.41) is 8.55. The Morgan fingerprint density at radius 2 is 2.08 bits per heavy atom. The first-order valence-electron chi connectivity index (χ1n) is 4.07. The van der Waals surface area contributed by atoms with Crippen LogP contribution in [0.2, 0.25) is 0 Å². The second kappa shape index (κ2) is 5.35. The predicted octanol–water partition coefficient (Wildman–Crippen LogP) is 1.22. The van der Waals surface area contributed by atoms with Crippen molar-refractivity contribution in [3.8, 4) is 0 Å². The molecule has 0 aromatic carbocycles. The van der Waals surface area contributed by atoms with E-state index in [0.717, 1.165) is 0 Å². The molecule has 0 aromatic heterocycles. The van der Waals surface area contributed by atoms with Crippen molar-refractivity contribution in [3.05, 3.63) is 11.6 Å². The van der Waals surface area contributed by atoms with Gasteiger partial charge in [-0.3, -0.25) is 4.79 Å². The zero-order chi connectivity index (χ0) is 10.4. The largest absolute Gasteiger partial charge is 0.481 e. The van der Waals surface area contributed by atoms with E-state index in [2.05, 4.69) is 4.74 Å². The summed E-state index contributed by atoms with van der Waals surface area (Å²) in [4.78, 5) is 21.4. The summed E-state index contributed by atoms with van der Waals surface area (Å²) in [6.45, 7) is 5.04. The van der Waals surface area contributed by atoms with Gasteiger partial charge in [-0.2, -0.15) is 0 Å². The van der Waals surface area contributed by atoms with Crippen LogP contribution in [0, 0.1) is 5.92 Å². The molecule has 74 valence electrons. The van der Waals surface area contributed by atoms with Gasteiger partial charge >= 0.3 is 11.9 Å². The minimum absolute atomic E-state index is 0.297. The maximum Gasteiger partial charge on any atom is 0.333 e. The number of rotatable bonds is 4. The molecule has 0 saturated carbocycles. The fraction of sp³-hybridized carbons (Fsp3) is 0.556. The first-order chi connectivity index (χ1) is 5.99. The van der Waals surface area contributed by atoms with Gasteiger partial charge in [0.25, 0.3) is 0 Å². The molecule has 1 N–H and O–H groups in total. The van der Waals surface area contributed by atoms with Gasteiger partial charge in [0, 0.05) is 5.57 Å². The Hall–Kier alpha value is -1.32. The topological polar surface area (TPSA) is 63.6 Å². The molecule has 0 aliphatic carbocycles. The van der Waals surface area contributed by atoms with E-state index < -0.39 is 17.9 Å². The SMILES string of the molecule is CCOC(=O)C(C)=CC(C)C(=O)O. The average Bonchev–Trinajstić information content (AvgIpc) is 2.04. The fourth-order valence-electron chi connectivity index (χ4n) is 0.759. The Morgan fingerprint density at radius 3 is 2.46 bits per heavy atom. The van der Waals surface area contributed by atoms with Gasteiger partial charge in [0.1, 0.15) is 0 Å². The van der Waals surface area contributed by atoms with Gasteiger partial charge in [0.2, 0.25) is 0 Å². The van der Waals surface area contributed by atoms with E-state index in [1.54, 1.807) is 6.92 Å². The molecule has 0 heterocycles. The third-order valence-electron chi connectivity index (χ3n) is 1.49. The average molecular weight is 186 g/mol. The number of ether oxygens (including phenoxy) is 1. The van der Waals surface area contributed by atoms with E-state index in [9.17, 15) is 9.59 Å². The van der Waals surface area contributed by atoms with Crippen molar-refractivity contribution in [2.24, 2.45) is 5.92 Å². The van der Waals surface area contributed by atoms with Gasteiger partial charge in [-0.15, -0.1) is 0 Å². The lowest BCUT2D eigenvalue weighted by atomic mass is 10.1. The quantitative estimate of drug-likeness (QED) is 0.529. The van der Waals surface area contributed by atoms with Gasteiger partial charge in [-0.25, -0.2) is 4.79 Å². The van der Waals surface area contributed by atoms with E-state index in [1.807, 2.05) is 0 Å². The molecule has 0 aromatic rings. The van der Waals surface area contributed by atoms with Gasteiger partial charge in [0.15, 0.2) is 0 Å². The molecule has 0 aliphatic rings. The van der Waals surface area contributed by atoms with Crippen molar-refractivity contribution >= 4 is 11.9 Å². The summed E-state index contributed by atoms with van der Waals surface area (Å²) in [6, 6.07) is 0. The van der Waals surface area contributed by atoms with Crippen LogP contribution in [-0.2, 0) is 14.3 Å². The molecular formula is C9H14O4. The summed E-state index contributed by atoms with van der Waals surface area (Å²) < 4.78 is 4.68. The maximum atomic E-state index is 11.0. The van der Waals surface area contributed by atoms with Gasteiger partial charge in [0.05, 0.1) is 12.5 Å². The lowest BCUT2D eigenvalue weighted by molar-refractivity contribution is -0.139. The molecule has 0 rings (SSSR count). The normalized spacial score (nSPS) is 13.6. The first-order valence-corrected chi connectivity index (χ1v) is 4.07. The van der Waals surface area contributed by atoms with Crippen LogP contribution >= 0.6 is 0 Å². The number of hydrogen-bond acceptors (Lipinski definition) is 3. The highest BCUT2D eigenvalue weighted by Gasteiger charge is 2.11. The standard InChI is InChI=1S/C9H14O4/c1-4-13-9(12)7(3)5-6(2)8(10)11/h5-6H,4H2,1-3H3,(H,10,11). The monoisotopic (exact) mass is 186 g/mol. The molecule has 0 aliphatic heterocycles. The van der Waals surface area contributed by atoms with Gasteiger partial charge < -0.3 is 9.84 Å². The molecule has 0 bridgehead atoms. The van der Waals surface area contributed by atoms with E-state index in [1.165, 1.54) is 19.9 Å². The molecule has 0 spiro atoms. The summed E-state index contributed by atoms with van der Waals surface area (Å²) in [5.74, 6) is -2.08. The Labute approximate surface area is 77.2 Å². The smallest absolute Gasteiger partial charge is 0.333 e. The van der Waals surface area contributed by atoms with Crippen molar-refractivity contribution < 1.29 is 19.4 Å². The van der Waals surface area contributed by atoms with Crippen LogP contribution < -0.4 is 0 Å². The van der Waals surface area contributed by atoms with Crippen molar-refractivity contribution in [3.63, 3.8) is 0 Å². The highest BCUT2D eigenvalue weighted by molar-refractivity contribution is 5.88. The van der Waals surface area contributed by atoms with E-state index in [4.69, 9.17) is 5.11 Å². The Morgan fingerprint density at radius 1 is 1.54 bits per heavy atom. The van der Waals surface area contributed by atoms with Crippen molar-refractivity contribution in [2.75, 3.05) is 6.61 Å². The minimum atomic E-state index is -0.955. The van der Waals surface area contributed by atoms with Gasteiger partial charge in [-0.05, 0) is 20.8 Å². The lowest BCUT2D eigenvalue weighted by Crippen LogP contribution is -2.11. The number of carboxylic acids is 1. The molecular weight excluding hydrogens is 172 g/mol. The number of carboxylic acid groups (broad SMARTS) is 1. The van der Waals surface area contributed by atoms with E-state index in [0.29, 0.717) is 12.2 Å². The molecule has 0 fully saturated rings.